The highest BCUT2D eigenvalue weighted by molar-refractivity contribution is 7.16. The zero-order chi connectivity index (χ0) is 35.2. The van der Waals surface area contributed by atoms with Crippen LogP contribution in [0.5, 0.6) is 5.75 Å². The van der Waals surface area contributed by atoms with E-state index >= 15 is 0 Å². The molecule has 2 amide bonds. The summed E-state index contributed by atoms with van der Waals surface area (Å²) in [5.41, 5.74) is 7.69. The van der Waals surface area contributed by atoms with Crippen LogP contribution in [-0.2, 0) is 6.18 Å². The van der Waals surface area contributed by atoms with Crippen molar-refractivity contribution >= 4 is 40.2 Å². The number of nitrogens with zero attached hydrogens (tertiary/aromatic N) is 5. The number of imidazole rings is 1. The van der Waals surface area contributed by atoms with Crippen LogP contribution in [-0.4, -0.2) is 62.2 Å². The number of fused-ring (bicyclic) bond motifs is 1. The van der Waals surface area contributed by atoms with E-state index in [1.54, 1.807) is 23.2 Å². The predicted molar refractivity (Wildman–Crippen MR) is 181 cm³/mol. The molecule has 14 heteroatoms. The van der Waals surface area contributed by atoms with E-state index in [4.69, 9.17) is 15.5 Å². The highest BCUT2D eigenvalue weighted by atomic mass is 32.1. The standard InChI is InChI=1S/C35H35F3N6O4S/c1-20(23-7-5-6-8-24(23)35(36,37)38)48-27-16-30(49-31(27)32(39)45)44-19-41-25-15-21(9-11-26(25)44)22-10-12-29(40-17-22)42-13-14-43(33(46)47)28(18-42)34(2,3)4/h5-12,15-17,19-20,28H,13-14,18H2,1-4H3,(H2,39,45)(H,46,47)/t20-,28?/m1/s1. The number of piperazine rings is 1. The molecule has 1 aliphatic rings. The van der Waals surface area contributed by atoms with Gasteiger partial charge >= 0.3 is 12.3 Å². The van der Waals surface area contributed by atoms with Gasteiger partial charge in [-0.05, 0) is 48.2 Å². The third kappa shape index (κ3) is 6.77. The molecular formula is C35H35F3N6O4S. The molecule has 2 atom stereocenters. The summed E-state index contributed by atoms with van der Waals surface area (Å²) >= 11 is 1.06. The second-order valence-corrected chi connectivity index (χ2v) is 14.0. The molecular weight excluding hydrogens is 657 g/mol. The number of amides is 2. The van der Waals surface area contributed by atoms with Crippen LogP contribution in [0.15, 0.2) is 73.2 Å². The fourth-order valence-electron chi connectivity index (χ4n) is 6.18. The number of hydrogen-bond donors (Lipinski definition) is 2. The highest BCUT2D eigenvalue weighted by Gasteiger charge is 2.38. The molecule has 1 unspecified atom stereocenters. The highest BCUT2D eigenvalue weighted by Crippen LogP contribution is 2.40. The van der Waals surface area contributed by atoms with Crippen LogP contribution in [0.4, 0.5) is 23.8 Å². The molecule has 10 nitrogen and oxygen atoms in total. The summed E-state index contributed by atoms with van der Waals surface area (Å²) < 4.78 is 48.6. The Kier molecular flexibility index (Phi) is 8.78. The molecule has 0 radical (unpaired) electrons. The first-order valence-electron chi connectivity index (χ1n) is 15.6. The Labute approximate surface area is 284 Å². The number of halogens is 3. The van der Waals surface area contributed by atoms with Gasteiger partial charge in [0.05, 0.1) is 22.6 Å². The molecule has 5 aromatic rings. The third-order valence-electron chi connectivity index (χ3n) is 8.73. The van der Waals surface area contributed by atoms with Crippen LogP contribution >= 0.6 is 11.3 Å². The minimum atomic E-state index is -4.57. The van der Waals surface area contributed by atoms with Crippen molar-refractivity contribution in [1.29, 1.82) is 0 Å². The summed E-state index contributed by atoms with van der Waals surface area (Å²) in [5.74, 6) is 0.0910. The first kappa shape index (κ1) is 33.8. The van der Waals surface area contributed by atoms with E-state index in [1.165, 1.54) is 30.0 Å². The number of anilines is 1. The summed E-state index contributed by atoms with van der Waals surface area (Å²) in [4.78, 5) is 37.2. The molecule has 2 aromatic carbocycles. The molecule has 4 heterocycles. The number of pyridine rings is 1. The topological polar surface area (TPSA) is 127 Å². The number of carbonyl (C=O) groups excluding carboxylic acids is 1. The molecule has 3 N–H and O–H groups in total. The van der Waals surface area contributed by atoms with E-state index < -0.39 is 29.8 Å². The number of thiophene rings is 1. The van der Waals surface area contributed by atoms with Gasteiger partial charge < -0.3 is 25.4 Å². The Hall–Kier alpha value is -5.11. The zero-order valence-corrected chi connectivity index (χ0v) is 28.0. The van der Waals surface area contributed by atoms with E-state index in [0.717, 1.165) is 39.9 Å². The van der Waals surface area contributed by atoms with E-state index in [2.05, 4.69) is 9.88 Å². The van der Waals surface area contributed by atoms with Crippen LogP contribution in [0, 0.1) is 5.41 Å². The van der Waals surface area contributed by atoms with E-state index in [0.29, 0.717) is 30.2 Å². The van der Waals surface area contributed by atoms with Gasteiger partial charge in [-0.25, -0.2) is 14.8 Å². The first-order valence-corrected chi connectivity index (χ1v) is 16.4. The number of benzene rings is 2. The average molecular weight is 693 g/mol. The van der Waals surface area contributed by atoms with Crippen molar-refractivity contribution < 1.29 is 32.6 Å². The summed E-state index contributed by atoms with van der Waals surface area (Å²) in [7, 11) is 0. The minimum Gasteiger partial charge on any atom is -0.484 e. The minimum absolute atomic E-state index is 0.0591. The lowest BCUT2D eigenvalue weighted by Crippen LogP contribution is -2.59. The van der Waals surface area contributed by atoms with E-state index in [-0.39, 0.29) is 27.6 Å². The van der Waals surface area contributed by atoms with Crippen molar-refractivity contribution in [3.63, 3.8) is 0 Å². The smallest absolute Gasteiger partial charge is 0.416 e. The Bertz CT molecular complexity index is 2020. The molecule has 1 aliphatic heterocycles. The number of aromatic nitrogens is 3. The third-order valence-corrected chi connectivity index (χ3v) is 9.86. The number of primary amides is 1. The predicted octanol–water partition coefficient (Wildman–Crippen LogP) is 7.62. The van der Waals surface area contributed by atoms with Gasteiger partial charge in [0.25, 0.3) is 5.91 Å². The van der Waals surface area contributed by atoms with Crippen molar-refractivity contribution in [1.82, 2.24) is 19.4 Å². The lowest BCUT2D eigenvalue weighted by molar-refractivity contribution is -0.139. The van der Waals surface area contributed by atoms with Gasteiger partial charge in [-0.1, -0.05) is 45.0 Å². The molecule has 3 aromatic heterocycles. The Morgan fingerprint density at radius 3 is 2.41 bits per heavy atom. The first-order chi connectivity index (χ1) is 23.1. The zero-order valence-electron chi connectivity index (χ0n) is 27.2. The lowest BCUT2D eigenvalue weighted by Gasteiger charge is -2.46. The van der Waals surface area contributed by atoms with Crippen LogP contribution in [0.2, 0.25) is 0 Å². The van der Waals surface area contributed by atoms with Crippen molar-refractivity contribution in [2.24, 2.45) is 11.1 Å². The number of nitrogens with two attached hydrogens (primary N) is 1. The number of hydrogen-bond acceptors (Lipinski definition) is 7. The molecule has 6 rings (SSSR count). The summed E-state index contributed by atoms with van der Waals surface area (Å²) in [5, 5.41) is 10.3. The van der Waals surface area contributed by atoms with Crippen LogP contribution in [0.25, 0.3) is 27.2 Å². The van der Waals surface area contributed by atoms with Crippen LogP contribution in [0.3, 0.4) is 0 Å². The average Bonchev–Trinajstić information content (AvgIpc) is 3.67. The Morgan fingerprint density at radius 1 is 1.02 bits per heavy atom. The van der Waals surface area contributed by atoms with E-state index in [9.17, 15) is 27.9 Å². The fourth-order valence-corrected chi connectivity index (χ4v) is 7.10. The molecule has 0 saturated carbocycles. The lowest BCUT2D eigenvalue weighted by atomic mass is 9.84. The van der Waals surface area contributed by atoms with Crippen molar-refractivity contribution in [3.05, 3.63) is 89.2 Å². The van der Waals surface area contributed by atoms with Crippen molar-refractivity contribution in [3.8, 4) is 21.9 Å². The maximum atomic E-state index is 13.6. The van der Waals surface area contributed by atoms with Crippen LogP contribution < -0.4 is 15.4 Å². The summed E-state index contributed by atoms with van der Waals surface area (Å²) in [6.07, 6.45) is -3.12. The molecule has 0 bridgehead atoms. The van der Waals surface area contributed by atoms with Gasteiger partial charge in [0.1, 0.15) is 33.9 Å². The SMILES string of the molecule is C[C@@H](Oc1cc(-n2cnc3cc(-c4ccc(N5CCN(C(=O)O)C(C(C)(C)C)C5)nc4)ccc32)sc1C(N)=O)c1ccccc1C(F)(F)F. The molecule has 1 saturated heterocycles. The van der Waals surface area contributed by atoms with E-state index in [1.807, 2.05) is 51.1 Å². The van der Waals surface area contributed by atoms with Gasteiger partial charge in [0.2, 0.25) is 0 Å². The Morgan fingerprint density at radius 2 is 1.76 bits per heavy atom. The molecule has 256 valence electrons. The monoisotopic (exact) mass is 692 g/mol. The second-order valence-electron chi connectivity index (χ2n) is 13.0. The normalized spacial score (nSPS) is 16.2. The molecule has 1 fully saturated rings. The second kappa shape index (κ2) is 12.7. The number of alkyl halides is 3. The van der Waals surface area contributed by atoms with Gasteiger partial charge in [-0.3, -0.25) is 9.36 Å². The van der Waals surface area contributed by atoms with Gasteiger partial charge in [0.15, 0.2) is 0 Å². The molecule has 0 aliphatic carbocycles. The Balaban J connectivity index is 1.23. The quantitative estimate of drug-likeness (QED) is 0.180. The van der Waals surface area contributed by atoms with Crippen LogP contribution in [0.1, 0.15) is 54.6 Å². The van der Waals surface area contributed by atoms with Gasteiger partial charge in [-0.2, -0.15) is 13.2 Å². The van der Waals surface area contributed by atoms with Crippen molar-refractivity contribution in [2.45, 2.75) is 46.0 Å². The maximum absolute atomic E-state index is 13.6. The molecule has 49 heavy (non-hydrogen) atoms. The summed E-state index contributed by atoms with van der Waals surface area (Å²) in [6.45, 7) is 9.08. The number of ether oxygens (including phenoxy) is 1. The number of carboxylic acid groups (broad SMARTS) is 1. The number of carbonyl (C=O) groups is 2. The van der Waals surface area contributed by atoms with Gasteiger partial charge in [0, 0.05) is 43.0 Å². The fraction of sp³-hybridized carbons (Fsp3) is 0.314. The maximum Gasteiger partial charge on any atom is 0.416 e. The van der Waals surface area contributed by atoms with Crippen molar-refractivity contribution in [2.75, 3.05) is 24.5 Å². The largest absolute Gasteiger partial charge is 0.484 e. The van der Waals surface area contributed by atoms with Gasteiger partial charge in [-0.15, -0.1) is 11.3 Å². The summed E-state index contributed by atoms with van der Waals surface area (Å²) in [6, 6.07) is 16.2. The number of rotatable bonds is 7. The molecule has 0 spiro atoms.